The molecule has 162 valence electrons. The van der Waals surface area contributed by atoms with E-state index in [1.807, 2.05) is 0 Å². The highest BCUT2D eigenvalue weighted by molar-refractivity contribution is 7.80. The Balaban J connectivity index is 2.11. The lowest BCUT2D eigenvalue weighted by Crippen LogP contribution is -2.35. The van der Waals surface area contributed by atoms with E-state index in [-0.39, 0.29) is 17.4 Å². The molecule has 3 rings (SSSR count). The fourth-order valence-corrected chi connectivity index (χ4v) is 3.66. The Morgan fingerprint density at radius 3 is 2.26 bits per heavy atom. The minimum atomic E-state index is -0.558. The van der Waals surface area contributed by atoms with Crippen molar-refractivity contribution < 1.29 is 23.8 Å². The maximum Gasteiger partial charge on any atom is 0.325 e. The molecule has 0 spiro atoms. The van der Waals surface area contributed by atoms with Gasteiger partial charge in [-0.15, -0.1) is 0 Å². The fourth-order valence-electron chi connectivity index (χ4n) is 2.97. The van der Waals surface area contributed by atoms with Crippen molar-refractivity contribution in [2.24, 2.45) is 0 Å². The molecule has 31 heavy (non-hydrogen) atoms. The molecular formula is C21H18Cl2N2O5S. The van der Waals surface area contributed by atoms with Gasteiger partial charge in [0, 0.05) is 11.1 Å². The first-order valence-electron chi connectivity index (χ1n) is 8.92. The number of hydrogen-bond acceptors (Lipinski definition) is 6. The van der Waals surface area contributed by atoms with Crippen LogP contribution in [-0.2, 0) is 14.3 Å². The van der Waals surface area contributed by atoms with Crippen molar-refractivity contribution in [2.75, 3.05) is 32.8 Å². The van der Waals surface area contributed by atoms with Crippen molar-refractivity contribution in [1.29, 1.82) is 0 Å². The van der Waals surface area contributed by atoms with Gasteiger partial charge in [0.2, 0.25) is 0 Å². The Kier molecular flexibility index (Phi) is 7.04. The Labute approximate surface area is 194 Å². The van der Waals surface area contributed by atoms with Crippen LogP contribution >= 0.6 is 35.4 Å². The number of esters is 1. The van der Waals surface area contributed by atoms with Crippen LogP contribution in [0.25, 0.3) is 6.08 Å². The maximum absolute atomic E-state index is 13.3. The predicted octanol–water partition coefficient (Wildman–Crippen LogP) is 4.16. The second-order valence-electron chi connectivity index (χ2n) is 6.32. The number of carbonyl (C=O) groups excluding carboxylic acids is 2. The minimum absolute atomic E-state index is 0.126. The normalized spacial score (nSPS) is 14.9. The number of carbonyl (C=O) groups is 2. The van der Waals surface area contributed by atoms with E-state index in [0.29, 0.717) is 32.8 Å². The molecule has 0 aromatic heterocycles. The van der Waals surface area contributed by atoms with Crippen LogP contribution < -0.4 is 14.4 Å². The molecule has 0 saturated carbocycles. The molecule has 1 fully saturated rings. The van der Waals surface area contributed by atoms with Gasteiger partial charge in [-0.25, -0.2) is 0 Å². The Bertz CT molecular complexity index is 1070. The first kappa shape index (κ1) is 22.9. The van der Waals surface area contributed by atoms with Crippen molar-refractivity contribution in [3.8, 4) is 11.5 Å². The number of rotatable bonds is 6. The minimum Gasteiger partial charge on any atom is -0.493 e. The summed E-state index contributed by atoms with van der Waals surface area (Å²) in [6.45, 7) is -0.248. The Morgan fingerprint density at radius 1 is 1.06 bits per heavy atom. The van der Waals surface area contributed by atoms with E-state index in [1.54, 1.807) is 36.4 Å². The van der Waals surface area contributed by atoms with E-state index in [9.17, 15) is 9.59 Å². The molecule has 10 heteroatoms. The molecule has 2 aromatic rings. The highest BCUT2D eigenvalue weighted by Crippen LogP contribution is 2.36. The van der Waals surface area contributed by atoms with Gasteiger partial charge in [-0.2, -0.15) is 0 Å². The van der Waals surface area contributed by atoms with Gasteiger partial charge < -0.3 is 19.1 Å². The van der Waals surface area contributed by atoms with Gasteiger partial charge in [0.1, 0.15) is 12.2 Å². The zero-order chi connectivity index (χ0) is 22.7. The van der Waals surface area contributed by atoms with Gasteiger partial charge in [-0.1, -0.05) is 23.2 Å². The van der Waals surface area contributed by atoms with Gasteiger partial charge in [-0.05, 0) is 54.2 Å². The molecule has 1 aliphatic heterocycles. The number of anilines is 1. The SMILES string of the molecule is COC(=O)CN1C(=S)N(c2ccc(Cl)cc2)C(=O)/C1=C/c1cc(OC)c(OC)cc1Cl. The molecule has 1 amide bonds. The largest absolute Gasteiger partial charge is 0.493 e. The first-order chi connectivity index (χ1) is 14.8. The number of halogens is 2. The lowest BCUT2D eigenvalue weighted by Gasteiger charge is -2.19. The second kappa shape index (κ2) is 9.55. The summed E-state index contributed by atoms with van der Waals surface area (Å²) in [5.74, 6) is -0.113. The highest BCUT2D eigenvalue weighted by atomic mass is 35.5. The van der Waals surface area contributed by atoms with E-state index in [4.69, 9.17) is 49.6 Å². The van der Waals surface area contributed by atoms with Crippen LogP contribution in [0.2, 0.25) is 10.0 Å². The molecule has 1 saturated heterocycles. The van der Waals surface area contributed by atoms with E-state index < -0.39 is 11.9 Å². The van der Waals surface area contributed by atoms with Crippen LogP contribution in [0, 0.1) is 0 Å². The van der Waals surface area contributed by atoms with Crippen molar-refractivity contribution in [1.82, 2.24) is 4.90 Å². The van der Waals surface area contributed by atoms with Gasteiger partial charge >= 0.3 is 5.97 Å². The van der Waals surface area contributed by atoms with Gasteiger partial charge in [0.25, 0.3) is 5.91 Å². The number of methoxy groups -OCH3 is 3. The van der Waals surface area contributed by atoms with Gasteiger partial charge in [0.05, 0.1) is 32.0 Å². The summed E-state index contributed by atoms with van der Waals surface area (Å²) in [7, 11) is 4.24. The van der Waals surface area contributed by atoms with Crippen molar-refractivity contribution in [3.63, 3.8) is 0 Å². The van der Waals surface area contributed by atoms with Crippen LogP contribution in [0.15, 0.2) is 42.1 Å². The van der Waals surface area contributed by atoms with Crippen LogP contribution in [0.4, 0.5) is 5.69 Å². The third kappa shape index (κ3) is 4.61. The highest BCUT2D eigenvalue weighted by Gasteiger charge is 2.40. The monoisotopic (exact) mass is 480 g/mol. The first-order valence-corrected chi connectivity index (χ1v) is 10.1. The summed E-state index contributed by atoms with van der Waals surface area (Å²) < 4.78 is 15.3. The molecule has 0 radical (unpaired) electrons. The maximum atomic E-state index is 13.3. The number of amides is 1. The third-order valence-electron chi connectivity index (χ3n) is 4.53. The number of hydrogen-bond donors (Lipinski definition) is 0. The summed E-state index contributed by atoms with van der Waals surface area (Å²) in [6, 6.07) is 9.82. The molecule has 1 aliphatic rings. The molecular weight excluding hydrogens is 463 g/mol. The zero-order valence-corrected chi connectivity index (χ0v) is 19.2. The van der Waals surface area contributed by atoms with Crippen LogP contribution in [-0.4, -0.2) is 49.8 Å². The number of benzene rings is 2. The average Bonchev–Trinajstić information content (AvgIpc) is 2.99. The fraction of sp³-hybridized carbons (Fsp3) is 0.190. The van der Waals surface area contributed by atoms with Crippen LogP contribution in [0.1, 0.15) is 5.56 Å². The lowest BCUT2D eigenvalue weighted by molar-refractivity contribution is -0.140. The van der Waals surface area contributed by atoms with Gasteiger partial charge in [0.15, 0.2) is 16.6 Å². The second-order valence-corrected chi connectivity index (χ2v) is 7.53. The standard InChI is InChI=1S/C21H18Cl2N2O5S/c1-28-17-9-12(15(23)10-18(17)29-2)8-16-20(27)25(14-6-4-13(22)5-7-14)21(31)24(16)11-19(26)30-3/h4-10H,11H2,1-3H3/b16-8-. The number of thiocarbonyl (C=S) groups is 1. The van der Waals surface area contributed by atoms with Crippen LogP contribution in [0.3, 0.4) is 0 Å². The molecule has 0 aliphatic carbocycles. The van der Waals surface area contributed by atoms with E-state index in [2.05, 4.69) is 0 Å². The number of ether oxygens (including phenoxy) is 3. The molecule has 0 bridgehead atoms. The summed E-state index contributed by atoms with van der Waals surface area (Å²) in [5, 5.41) is 0.966. The lowest BCUT2D eigenvalue weighted by atomic mass is 10.1. The average molecular weight is 481 g/mol. The van der Waals surface area contributed by atoms with Gasteiger partial charge in [-0.3, -0.25) is 14.5 Å². The molecule has 7 nitrogen and oxygen atoms in total. The van der Waals surface area contributed by atoms with Crippen molar-refractivity contribution >= 4 is 64.2 Å². The summed E-state index contributed by atoms with van der Waals surface area (Å²) in [4.78, 5) is 28.0. The third-order valence-corrected chi connectivity index (χ3v) is 5.51. The van der Waals surface area contributed by atoms with Crippen molar-refractivity contribution in [2.45, 2.75) is 0 Å². The summed E-state index contributed by atoms with van der Waals surface area (Å²) in [5.41, 5.74) is 1.15. The Hall–Kier alpha value is -2.81. The molecule has 2 aromatic carbocycles. The molecule has 0 atom stereocenters. The van der Waals surface area contributed by atoms with E-state index >= 15 is 0 Å². The van der Waals surface area contributed by atoms with Crippen molar-refractivity contribution in [3.05, 3.63) is 57.7 Å². The molecule has 0 N–H and O–H groups in total. The topological polar surface area (TPSA) is 68.3 Å². The molecule has 0 unspecified atom stereocenters. The summed E-state index contributed by atoms with van der Waals surface area (Å²) in [6.07, 6.45) is 1.54. The predicted molar refractivity (Wildman–Crippen MR) is 123 cm³/mol. The summed E-state index contributed by atoms with van der Waals surface area (Å²) >= 11 is 17.9. The van der Waals surface area contributed by atoms with E-state index in [0.717, 1.165) is 0 Å². The van der Waals surface area contributed by atoms with E-state index in [1.165, 1.54) is 37.2 Å². The quantitative estimate of drug-likeness (QED) is 0.349. The van der Waals surface area contributed by atoms with Crippen LogP contribution in [0.5, 0.6) is 11.5 Å². The zero-order valence-electron chi connectivity index (χ0n) is 16.8. The number of nitrogens with zero attached hydrogens (tertiary/aromatic N) is 2. The Morgan fingerprint density at radius 2 is 1.68 bits per heavy atom. The molecule has 1 heterocycles. The smallest absolute Gasteiger partial charge is 0.325 e.